The summed E-state index contributed by atoms with van der Waals surface area (Å²) in [5.41, 5.74) is 5.62. The number of hydrogen-bond acceptors (Lipinski definition) is 3. The smallest absolute Gasteiger partial charge is 0.338 e. The van der Waals surface area contributed by atoms with Crippen LogP contribution in [0.2, 0.25) is 0 Å². The highest BCUT2D eigenvalue weighted by atomic mass is 16.5. The molecule has 27 heavy (non-hydrogen) atoms. The van der Waals surface area contributed by atoms with Crippen molar-refractivity contribution < 1.29 is 19.4 Å². The molecular formula is C23H18O4. The lowest BCUT2D eigenvalue weighted by atomic mass is 9.98. The Hall–Kier alpha value is -3.40. The van der Waals surface area contributed by atoms with Crippen molar-refractivity contribution in [2.75, 3.05) is 6.61 Å². The Morgan fingerprint density at radius 2 is 1.48 bits per heavy atom. The molecule has 0 aromatic heterocycles. The predicted octanol–water partition coefficient (Wildman–Crippen LogP) is 4.28. The highest BCUT2D eigenvalue weighted by Crippen LogP contribution is 2.44. The van der Waals surface area contributed by atoms with Crippen LogP contribution in [0.1, 0.15) is 33.0 Å². The maximum absolute atomic E-state index is 12.5. The Labute approximate surface area is 157 Å². The third kappa shape index (κ3) is 3.34. The first-order chi connectivity index (χ1) is 13.1. The normalized spacial score (nSPS) is 12.3. The minimum absolute atomic E-state index is 0.00329. The van der Waals surface area contributed by atoms with Gasteiger partial charge in [-0.15, -0.1) is 0 Å². The van der Waals surface area contributed by atoms with Crippen LogP contribution in [0.15, 0.2) is 72.8 Å². The summed E-state index contributed by atoms with van der Waals surface area (Å²) in [5, 5.41) is 8.91. The van der Waals surface area contributed by atoms with E-state index in [4.69, 9.17) is 9.84 Å². The first kappa shape index (κ1) is 17.0. The molecule has 0 saturated carbocycles. The van der Waals surface area contributed by atoms with E-state index in [9.17, 15) is 9.59 Å². The summed E-state index contributed by atoms with van der Waals surface area (Å²) in [7, 11) is 0. The zero-order chi connectivity index (χ0) is 18.8. The van der Waals surface area contributed by atoms with Gasteiger partial charge in [0.2, 0.25) is 0 Å². The first-order valence-electron chi connectivity index (χ1n) is 8.79. The van der Waals surface area contributed by atoms with Crippen molar-refractivity contribution in [2.45, 2.75) is 12.3 Å². The number of carboxylic acid groups (broad SMARTS) is 1. The largest absolute Gasteiger partial charge is 0.481 e. The molecule has 0 unspecified atom stereocenters. The highest BCUT2D eigenvalue weighted by Gasteiger charge is 2.29. The summed E-state index contributed by atoms with van der Waals surface area (Å²) in [5.74, 6) is -1.37. The summed E-state index contributed by atoms with van der Waals surface area (Å²) < 4.78 is 5.60. The number of ether oxygens (including phenoxy) is 1. The lowest BCUT2D eigenvalue weighted by Crippen LogP contribution is -2.13. The Kier molecular flexibility index (Phi) is 4.47. The zero-order valence-electron chi connectivity index (χ0n) is 14.6. The Bertz CT molecular complexity index is 977. The van der Waals surface area contributed by atoms with Crippen molar-refractivity contribution in [3.8, 4) is 11.1 Å². The van der Waals surface area contributed by atoms with E-state index < -0.39 is 11.9 Å². The van der Waals surface area contributed by atoms with E-state index in [0.717, 1.165) is 11.1 Å². The molecule has 4 rings (SSSR count). The lowest BCUT2D eigenvalue weighted by Gasteiger charge is -2.14. The minimum Gasteiger partial charge on any atom is -0.481 e. The van der Waals surface area contributed by atoms with Gasteiger partial charge in [0.15, 0.2) is 0 Å². The molecule has 0 fully saturated rings. The number of esters is 1. The van der Waals surface area contributed by atoms with E-state index in [1.165, 1.54) is 11.1 Å². The fraction of sp³-hybridized carbons (Fsp3) is 0.130. The first-order valence-corrected chi connectivity index (χ1v) is 8.79. The monoisotopic (exact) mass is 358 g/mol. The van der Waals surface area contributed by atoms with E-state index >= 15 is 0 Å². The quantitative estimate of drug-likeness (QED) is 0.692. The molecular weight excluding hydrogens is 340 g/mol. The number of benzene rings is 3. The topological polar surface area (TPSA) is 63.6 Å². The van der Waals surface area contributed by atoms with Gasteiger partial charge in [0.25, 0.3) is 0 Å². The number of carbonyl (C=O) groups is 2. The fourth-order valence-electron chi connectivity index (χ4n) is 3.66. The van der Waals surface area contributed by atoms with Gasteiger partial charge in [0.1, 0.15) is 6.61 Å². The molecule has 1 aliphatic rings. The molecule has 0 bridgehead atoms. The Morgan fingerprint density at radius 1 is 0.852 bits per heavy atom. The van der Waals surface area contributed by atoms with Gasteiger partial charge in [0, 0.05) is 5.92 Å². The van der Waals surface area contributed by atoms with Gasteiger partial charge in [-0.2, -0.15) is 0 Å². The van der Waals surface area contributed by atoms with Crippen LogP contribution in [0.4, 0.5) is 0 Å². The molecule has 0 aliphatic heterocycles. The van der Waals surface area contributed by atoms with Crippen molar-refractivity contribution in [1.82, 2.24) is 0 Å². The summed E-state index contributed by atoms with van der Waals surface area (Å²) in [6.07, 6.45) is -0.121. The van der Waals surface area contributed by atoms with Crippen LogP contribution in [-0.4, -0.2) is 23.7 Å². The van der Waals surface area contributed by atoms with Gasteiger partial charge in [0.05, 0.1) is 12.0 Å². The third-order valence-corrected chi connectivity index (χ3v) is 4.86. The molecule has 4 nitrogen and oxygen atoms in total. The van der Waals surface area contributed by atoms with E-state index in [2.05, 4.69) is 24.3 Å². The summed E-state index contributed by atoms with van der Waals surface area (Å²) in [6.45, 7) is 0.246. The van der Waals surface area contributed by atoms with Crippen molar-refractivity contribution in [1.29, 1.82) is 0 Å². The van der Waals surface area contributed by atoms with Crippen molar-refractivity contribution in [3.63, 3.8) is 0 Å². The van der Waals surface area contributed by atoms with E-state index in [1.54, 1.807) is 24.3 Å². The standard InChI is InChI=1S/C23H18O4/c24-22(25)13-15-6-5-7-16(12-15)23(26)27-14-21-19-10-3-1-8-17(19)18-9-2-4-11-20(18)21/h1-12,21H,13-14H2,(H,24,25). The predicted molar refractivity (Wildman–Crippen MR) is 102 cm³/mol. The van der Waals surface area contributed by atoms with Gasteiger partial charge in [-0.05, 0) is 39.9 Å². The van der Waals surface area contributed by atoms with Gasteiger partial charge in [-0.1, -0.05) is 60.7 Å². The average Bonchev–Trinajstić information content (AvgIpc) is 3.00. The SMILES string of the molecule is O=C(O)Cc1cccc(C(=O)OCC2c3ccccc3-c3ccccc32)c1. The molecule has 0 saturated heterocycles. The second-order valence-corrected chi connectivity index (χ2v) is 6.60. The molecule has 0 spiro atoms. The summed E-state index contributed by atoms with van der Waals surface area (Å²) in [6, 6.07) is 22.9. The maximum Gasteiger partial charge on any atom is 0.338 e. The van der Waals surface area contributed by atoms with Crippen molar-refractivity contribution in [3.05, 3.63) is 95.1 Å². The number of carbonyl (C=O) groups excluding carboxylic acids is 1. The molecule has 1 aliphatic carbocycles. The van der Waals surface area contributed by atoms with Crippen LogP contribution in [-0.2, 0) is 16.0 Å². The van der Waals surface area contributed by atoms with Crippen LogP contribution < -0.4 is 0 Å². The molecule has 0 amide bonds. The van der Waals surface area contributed by atoms with Gasteiger partial charge in [-0.25, -0.2) is 4.79 Å². The third-order valence-electron chi connectivity index (χ3n) is 4.86. The minimum atomic E-state index is -0.931. The number of carboxylic acids is 1. The van der Waals surface area contributed by atoms with Gasteiger partial charge < -0.3 is 9.84 Å². The average molecular weight is 358 g/mol. The molecule has 134 valence electrons. The molecule has 0 radical (unpaired) electrons. The second-order valence-electron chi connectivity index (χ2n) is 6.60. The Balaban J connectivity index is 1.54. The zero-order valence-corrected chi connectivity index (χ0v) is 14.6. The van der Waals surface area contributed by atoms with Crippen LogP contribution in [0, 0.1) is 0 Å². The highest BCUT2D eigenvalue weighted by molar-refractivity contribution is 5.90. The number of rotatable bonds is 5. The van der Waals surface area contributed by atoms with Gasteiger partial charge >= 0.3 is 11.9 Å². The number of aliphatic carboxylic acids is 1. The number of fused-ring (bicyclic) bond motifs is 3. The summed E-state index contributed by atoms with van der Waals surface area (Å²) in [4.78, 5) is 23.4. The van der Waals surface area contributed by atoms with Crippen molar-refractivity contribution >= 4 is 11.9 Å². The van der Waals surface area contributed by atoms with Crippen molar-refractivity contribution in [2.24, 2.45) is 0 Å². The molecule has 0 atom stereocenters. The van der Waals surface area contributed by atoms with E-state index in [-0.39, 0.29) is 18.9 Å². The molecule has 1 N–H and O–H groups in total. The van der Waals surface area contributed by atoms with Crippen LogP contribution >= 0.6 is 0 Å². The molecule has 3 aromatic rings. The lowest BCUT2D eigenvalue weighted by molar-refractivity contribution is -0.136. The van der Waals surface area contributed by atoms with E-state index in [0.29, 0.717) is 11.1 Å². The molecule has 0 heterocycles. The van der Waals surface area contributed by atoms with Gasteiger partial charge in [-0.3, -0.25) is 4.79 Å². The van der Waals surface area contributed by atoms with Crippen LogP contribution in [0.3, 0.4) is 0 Å². The number of hydrogen-bond donors (Lipinski definition) is 1. The fourth-order valence-corrected chi connectivity index (χ4v) is 3.66. The van der Waals surface area contributed by atoms with Crippen LogP contribution in [0.5, 0.6) is 0 Å². The maximum atomic E-state index is 12.5. The molecule has 4 heteroatoms. The second kappa shape index (κ2) is 7.08. The summed E-state index contributed by atoms with van der Waals surface area (Å²) >= 11 is 0. The van der Waals surface area contributed by atoms with E-state index in [1.807, 2.05) is 24.3 Å². The Morgan fingerprint density at radius 3 is 2.11 bits per heavy atom. The van der Waals surface area contributed by atoms with Crippen LogP contribution in [0.25, 0.3) is 11.1 Å². The molecule has 3 aromatic carbocycles.